The third kappa shape index (κ3) is 3.71. The summed E-state index contributed by atoms with van der Waals surface area (Å²) in [7, 11) is 0. The highest BCUT2D eigenvalue weighted by molar-refractivity contribution is 5.95. The molecular weight excluding hydrogens is 292 g/mol. The summed E-state index contributed by atoms with van der Waals surface area (Å²) in [6, 6.07) is 4.79. The van der Waals surface area contributed by atoms with Crippen LogP contribution in [0.25, 0.3) is 0 Å². The van der Waals surface area contributed by atoms with Gasteiger partial charge in [-0.1, -0.05) is 19.4 Å². The van der Waals surface area contributed by atoms with Gasteiger partial charge in [0.25, 0.3) is 5.91 Å². The second kappa shape index (κ2) is 7.11. The highest BCUT2D eigenvalue weighted by Crippen LogP contribution is 2.28. The summed E-state index contributed by atoms with van der Waals surface area (Å²) >= 11 is 0. The van der Waals surface area contributed by atoms with Crippen LogP contribution in [0.5, 0.6) is 0 Å². The molecule has 1 saturated carbocycles. The number of ether oxygens (including phenoxy) is 1. The Morgan fingerprint density at radius 2 is 2.09 bits per heavy atom. The molecule has 0 bridgehead atoms. The number of amides is 1. The van der Waals surface area contributed by atoms with E-state index in [1.54, 1.807) is 29.3 Å². The quantitative estimate of drug-likeness (QED) is 0.805. The van der Waals surface area contributed by atoms with Crippen molar-refractivity contribution in [3.63, 3.8) is 0 Å². The highest BCUT2D eigenvalue weighted by Gasteiger charge is 2.37. The van der Waals surface area contributed by atoms with Crippen LogP contribution in [0.15, 0.2) is 24.4 Å². The van der Waals surface area contributed by atoms with E-state index < -0.39 is 6.04 Å². The molecule has 0 spiro atoms. The lowest BCUT2D eigenvalue weighted by Crippen LogP contribution is -2.43. The van der Waals surface area contributed by atoms with Gasteiger partial charge in [0.2, 0.25) is 0 Å². The Bertz CT molecular complexity index is 561. The molecule has 1 aliphatic carbocycles. The number of carbonyl (C=O) groups excluding carboxylic acids is 2. The second-order valence-electron chi connectivity index (χ2n) is 6.70. The number of likely N-dealkylation sites (tertiary alicyclic amines) is 1. The number of hydrogen-bond acceptors (Lipinski definition) is 4. The van der Waals surface area contributed by atoms with Gasteiger partial charge in [0.1, 0.15) is 17.8 Å². The molecule has 2 heterocycles. The van der Waals surface area contributed by atoms with Crippen LogP contribution < -0.4 is 0 Å². The lowest BCUT2D eigenvalue weighted by Gasteiger charge is -2.29. The predicted octanol–water partition coefficient (Wildman–Crippen LogP) is 2.81. The molecule has 1 aromatic heterocycles. The second-order valence-corrected chi connectivity index (χ2v) is 6.70. The first-order chi connectivity index (χ1) is 11.1. The highest BCUT2D eigenvalue weighted by atomic mass is 16.5. The third-order valence-corrected chi connectivity index (χ3v) is 4.84. The van der Waals surface area contributed by atoms with E-state index in [2.05, 4.69) is 11.9 Å². The van der Waals surface area contributed by atoms with Crippen molar-refractivity contribution in [1.29, 1.82) is 0 Å². The molecule has 3 atom stereocenters. The summed E-state index contributed by atoms with van der Waals surface area (Å²) in [5, 5.41) is 0. The topological polar surface area (TPSA) is 59.5 Å². The first kappa shape index (κ1) is 16.0. The molecule has 0 unspecified atom stereocenters. The van der Waals surface area contributed by atoms with Crippen LogP contribution in [0.4, 0.5) is 0 Å². The van der Waals surface area contributed by atoms with Crippen LogP contribution in [0.3, 0.4) is 0 Å². The Balaban J connectivity index is 1.64. The number of rotatable bonds is 3. The molecule has 1 saturated heterocycles. The van der Waals surface area contributed by atoms with Crippen LogP contribution >= 0.6 is 0 Å². The van der Waals surface area contributed by atoms with Gasteiger partial charge < -0.3 is 9.64 Å². The molecule has 2 aliphatic rings. The van der Waals surface area contributed by atoms with Gasteiger partial charge in [0, 0.05) is 12.7 Å². The fourth-order valence-corrected chi connectivity index (χ4v) is 3.62. The van der Waals surface area contributed by atoms with Crippen LogP contribution in [0, 0.1) is 5.92 Å². The van der Waals surface area contributed by atoms with E-state index in [1.165, 1.54) is 6.42 Å². The van der Waals surface area contributed by atoms with Gasteiger partial charge in [-0.3, -0.25) is 9.78 Å². The molecule has 1 aliphatic heterocycles. The molecule has 0 aromatic carbocycles. The maximum Gasteiger partial charge on any atom is 0.329 e. The predicted molar refractivity (Wildman–Crippen MR) is 85.8 cm³/mol. The Morgan fingerprint density at radius 1 is 1.22 bits per heavy atom. The van der Waals surface area contributed by atoms with E-state index >= 15 is 0 Å². The van der Waals surface area contributed by atoms with Crippen LogP contribution in [0.1, 0.15) is 55.9 Å². The molecule has 1 amide bonds. The number of hydrogen-bond donors (Lipinski definition) is 0. The number of pyridine rings is 1. The minimum absolute atomic E-state index is 0.0126. The minimum atomic E-state index is -0.457. The Kier molecular flexibility index (Phi) is 4.94. The van der Waals surface area contributed by atoms with E-state index in [0.717, 1.165) is 25.7 Å². The summed E-state index contributed by atoms with van der Waals surface area (Å²) < 4.78 is 5.71. The van der Waals surface area contributed by atoms with Crippen molar-refractivity contribution in [3.05, 3.63) is 30.1 Å². The number of aromatic nitrogens is 1. The van der Waals surface area contributed by atoms with Gasteiger partial charge in [-0.05, 0) is 50.2 Å². The fraction of sp³-hybridized carbons (Fsp3) is 0.611. The van der Waals surface area contributed by atoms with Gasteiger partial charge >= 0.3 is 5.97 Å². The zero-order valence-corrected chi connectivity index (χ0v) is 13.6. The molecular formula is C18H24N2O3. The van der Waals surface area contributed by atoms with Crippen LogP contribution in [0.2, 0.25) is 0 Å². The van der Waals surface area contributed by atoms with Crippen molar-refractivity contribution >= 4 is 11.9 Å². The average Bonchev–Trinajstić information content (AvgIpc) is 3.05. The zero-order valence-electron chi connectivity index (χ0n) is 13.6. The normalized spacial score (nSPS) is 27.7. The number of nitrogens with zero attached hydrogens (tertiary/aromatic N) is 2. The van der Waals surface area contributed by atoms with E-state index in [0.29, 0.717) is 24.6 Å². The first-order valence-corrected chi connectivity index (χ1v) is 8.57. The van der Waals surface area contributed by atoms with E-state index in [1.807, 2.05) is 0 Å². The maximum absolute atomic E-state index is 12.6. The molecule has 23 heavy (non-hydrogen) atoms. The molecule has 2 fully saturated rings. The summed E-state index contributed by atoms with van der Waals surface area (Å²) in [6.07, 6.45) is 7.32. The summed E-state index contributed by atoms with van der Waals surface area (Å²) in [6.45, 7) is 2.79. The van der Waals surface area contributed by atoms with Crippen LogP contribution in [-0.2, 0) is 9.53 Å². The largest absolute Gasteiger partial charge is 0.461 e. The van der Waals surface area contributed by atoms with Gasteiger partial charge in [0.05, 0.1) is 0 Å². The minimum Gasteiger partial charge on any atom is -0.461 e. The SMILES string of the molecule is C[C@@H]1CCC[C@H](OC(=O)[C@@H]2CCCN2C(=O)c2ccccn2)C1. The van der Waals surface area contributed by atoms with Crippen molar-refractivity contribution in [1.82, 2.24) is 9.88 Å². The molecule has 124 valence electrons. The van der Waals surface area contributed by atoms with Gasteiger partial charge in [0.15, 0.2) is 0 Å². The average molecular weight is 316 g/mol. The van der Waals surface area contributed by atoms with Gasteiger partial charge in [-0.15, -0.1) is 0 Å². The zero-order chi connectivity index (χ0) is 16.2. The van der Waals surface area contributed by atoms with Gasteiger partial charge in [-0.2, -0.15) is 0 Å². The van der Waals surface area contributed by atoms with E-state index in [9.17, 15) is 9.59 Å². The van der Waals surface area contributed by atoms with Crippen molar-refractivity contribution in [2.45, 2.75) is 57.6 Å². The summed E-state index contributed by atoms with van der Waals surface area (Å²) in [5.74, 6) is 0.185. The smallest absolute Gasteiger partial charge is 0.329 e. The standard InChI is InChI=1S/C18H24N2O3/c1-13-6-4-7-14(12-13)23-18(22)16-9-5-11-20(16)17(21)15-8-2-3-10-19-15/h2-3,8,10,13-14,16H,4-7,9,11-12H2,1H3/t13-,14+,16+/m1/s1. The van der Waals surface area contributed by atoms with Crippen molar-refractivity contribution in [3.8, 4) is 0 Å². The maximum atomic E-state index is 12.6. The number of carbonyl (C=O) groups is 2. The molecule has 5 nitrogen and oxygen atoms in total. The summed E-state index contributed by atoms with van der Waals surface area (Å²) in [4.78, 5) is 30.8. The Labute approximate surface area is 137 Å². The Hall–Kier alpha value is -1.91. The third-order valence-electron chi connectivity index (χ3n) is 4.84. The van der Waals surface area contributed by atoms with E-state index in [-0.39, 0.29) is 18.0 Å². The lowest BCUT2D eigenvalue weighted by atomic mass is 9.89. The number of esters is 1. The Morgan fingerprint density at radius 3 is 2.83 bits per heavy atom. The molecule has 5 heteroatoms. The fourth-order valence-electron chi connectivity index (χ4n) is 3.62. The molecule has 0 radical (unpaired) electrons. The van der Waals surface area contributed by atoms with Gasteiger partial charge in [-0.25, -0.2) is 4.79 Å². The molecule has 3 rings (SSSR count). The van der Waals surface area contributed by atoms with Crippen molar-refractivity contribution < 1.29 is 14.3 Å². The summed E-state index contributed by atoms with van der Waals surface area (Å²) in [5.41, 5.74) is 0.387. The van der Waals surface area contributed by atoms with Crippen LogP contribution in [-0.4, -0.2) is 40.5 Å². The lowest BCUT2D eigenvalue weighted by molar-refractivity contribution is -0.155. The first-order valence-electron chi connectivity index (χ1n) is 8.57. The molecule has 1 aromatic rings. The van der Waals surface area contributed by atoms with Crippen molar-refractivity contribution in [2.24, 2.45) is 5.92 Å². The molecule has 0 N–H and O–H groups in total. The van der Waals surface area contributed by atoms with Crippen molar-refractivity contribution in [2.75, 3.05) is 6.54 Å². The van der Waals surface area contributed by atoms with E-state index in [4.69, 9.17) is 4.74 Å². The monoisotopic (exact) mass is 316 g/mol.